The van der Waals surface area contributed by atoms with Gasteiger partial charge in [0.05, 0.1) is 34.7 Å². The molecule has 1 saturated heterocycles. The molecule has 2 aliphatic rings. The minimum atomic E-state index is -1.06. The van der Waals surface area contributed by atoms with Crippen molar-refractivity contribution in [2.24, 2.45) is 0 Å². The van der Waals surface area contributed by atoms with Crippen LogP contribution in [0.15, 0.2) is 66.7 Å². The molecule has 0 radical (unpaired) electrons. The smallest absolute Gasteiger partial charge is 0.336 e. The van der Waals surface area contributed by atoms with E-state index in [-0.39, 0.29) is 23.4 Å². The zero-order valence-corrected chi connectivity index (χ0v) is 21.9. The quantitative estimate of drug-likeness (QED) is 0.363. The topological polar surface area (TPSA) is 122 Å². The molecule has 0 spiro atoms. The molecule has 3 aromatic carbocycles. The Morgan fingerprint density at radius 2 is 1.72 bits per heavy atom. The van der Waals surface area contributed by atoms with Crippen LogP contribution < -0.4 is 10.6 Å². The highest BCUT2D eigenvalue weighted by Gasteiger charge is 2.35. The minimum absolute atomic E-state index is 0.131. The first kappa shape index (κ1) is 26.1. The number of benzene rings is 3. The van der Waals surface area contributed by atoms with Gasteiger partial charge in [-0.1, -0.05) is 30.3 Å². The van der Waals surface area contributed by atoms with E-state index in [0.717, 1.165) is 5.56 Å². The van der Waals surface area contributed by atoms with Crippen molar-refractivity contribution in [2.45, 2.75) is 19.1 Å². The lowest BCUT2D eigenvalue weighted by Gasteiger charge is -2.26. The van der Waals surface area contributed by atoms with E-state index in [0.29, 0.717) is 52.4 Å². The highest BCUT2D eigenvalue weighted by Crippen LogP contribution is 2.39. The second kappa shape index (κ2) is 10.4. The van der Waals surface area contributed by atoms with Crippen LogP contribution >= 0.6 is 0 Å². The molecule has 9 heteroatoms. The summed E-state index contributed by atoms with van der Waals surface area (Å²) >= 11 is 0. The van der Waals surface area contributed by atoms with Crippen molar-refractivity contribution in [3.63, 3.8) is 0 Å². The van der Waals surface area contributed by atoms with Gasteiger partial charge in [-0.15, -0.1) is 0 Å². The lowest BCUT2D eigenvalue weighted by Crippen LogP contribution is -2.44. The number of anilines is 2. The number of carboxylic acid groups (broad SMARTS) is 1. The molecule has 0 bridgehead atoms. The van der Waals surface area contributed by atoms with Crippen molar-refractivity contribution in [2.75, 3.05) is 37.8 Å². The number of rotatable bonds is 6. The molecule has 200 valence electrons. The summed E-state index contributed by atoms with van der Waals surface area (Å²) in [5, 5.41) is 26.0. The molecule has 0 aromatic heterocycles. The third-order valence-corrected chi connectivity index (χ3v) is 7.31. The molecule has 0 unspecified atom stereocenters. The average Bonchev–Trinajstić information content (AvgIpc) is 3.43. The van der Waals surface area contributed by atoms with Gasteiger partial charge in [0, 0.05) is 37.0 Å². The first-order valence-electron chi connectivity index (χ1n) is 12.6. The van der Waals surface area contributed by atoms with Crippen molar-refractivity contribution >= 4 is 40.4 Å². The zero-order valence-electron chi connectivity index (χ0n) is 21.9. The van der Waals surface area contributed by atoms with Crippen LogP contribution in [0.5, 0.6) is 0 Å². The van der Waals surface area contributed by atoms with Crippen LogP contribution in [0.25, 0.3) is 11.3 Å². The van der Waals surface area contributed by atoms with Crippen LogP contribution in [0.4, 0.5) is 11.4 Å². The Kier molecular flexibility index (Phi) is 6.94. The number of carboxylic acids is 1. The number of aryl methyl sites for hydroxylation is 1. The molecule has 4 N–H and O–H groups in total. The lowest BCUT2D eigenvalue weighted by atomic mass is 9.96. The largest absolute Gasteiger partial charge is 0.478 e. The summed E-state index contributed by atoms with van der Waals surface area (Å²) < 4.78 is 0. The van der Waals surface area contributed by atoms with Gasteiger partial charge in [0.1, 0.15) is 0 Å². The van der Waals surface area contributed by atoms with Crippen molar-refractivity contribution in [1.82, 2.24) is 9.80 Å². The van der Waals surface area contributed by atoms with Crippen molar-refractivity contribution in [3.8, 4) is 0 Å². The molecular weight excluding hydrogens is 496 g/mol. The van der Waals surface area contributed by atoms with Crippen LogP contribution in [0.1, 0.15) is 37.4 Å². The van der Waals surface area contributed by atoms with Gasteiger partial charge in [-0.25, -0.2) is 4.79 Å². The number of hydrogen-bond acceptors (Lipinski definition) is 6. The molecule has 3 aromatic rings. The number of amides is 2. The number of hydrogen-bond donors (Lipinski definition) is 4. The molecule has 39 heavy (non-hydrogen) atoms. The summed E-state index contributed by atoms with van der Waals surface area (Å²) in [6.07, 6.45) is -0.597. The van der Waals surface area contributed by atoms with Gasteiger partial charge in [0.15, 0.2) is 0 Å². The van der Waals surface area contributed by atoms with E-state index >= 15 is 0 Å². The fraction of sp³-hybridized carbons (Fsp3) is 0.233. The normalized spacial score (nSPS) is 19.8. The number of likely N-dealkylation sites (tertiary alicyclic amines) is 1. The molecule has 0 aliphatic carbocycles. The number of likely N-dealkylation sites (N-methyl/N-ethyl adjacent to an activating group) is 2. The van der Waals surface area contributed by atoms with E-state index < -0.39 is 12.1 Å². The summed E-state index contributed by atoms with van der Waals surface area (Å²) in [4.78, 5) is 41.5. The van der Waals surface area contributed by atoms with Gasteiger partial charge in [0.2, 0.25) is 0 Å². The number of carbonyl (C=O) groups excluding carboxylic acids is 2. The van der Waals surface area contributed by atoms with Crippen LogP contribution in [0, 0.1) is 6.92 Å². The number of β-amino-alcohol motifs (C(OH)–C–C–N with tert-alkyl or cyclic N) is 1. The van der Waals surface area contributed by atoms with Gasteiger partial charge in [0.25, 0.3) is 11.8 Å². The van der Waals surface area contributed by atoms with E-state index in [4.69, 9.17) is 0 Å². The molecule has 2 atom stereocenters. The maximum Gasteiger partial charge on any atom is 0.336 e. The molecule has 2 heterocycles. The Morgan fingerprint density at radius 1 is 1.03 bits per heavy atom. The Morgan fingerprint density at radius 3 is 2.33 bits per heavy atom. The molecule has 5 rings (SSSR count). The Hall–Kier alpha value is -4.47. The number of carbonyl (C=O) groups is 3. The van der Waals surface area contributed by atoms with Gasteiger partial charge >= 0.3 is 5.97 Å². The predicted molar refractivity (Wildman–Crippen MR) is 149 cm³/mol. The summed E-state index contributed by atoms with van der Waals surface area (Å²) in [5.41, 5.74) is 4.62. The predicted octanol–water partition coefficient (Wildman–Crippen LogP) is 3.37. The SMILES string of the molecule is Cc1cc2c(cc1C(=O)O)NC(=O)C2=C(Nc1ccc(C(=O)N(C)[C@H]2CN(C)C[C@@H]2O)cc1)c1ccccc1. The van der Waals surface area contributed by atoms with Crippen molar-refractivity contribution in [1.29, 1.82) is 0 Å². The molecule has 0 saturated carbocycles. The Bertz CT molecular complexity index is 1480. The standard InChI is InChI=1S/C30H30N4O5/c1-17-13-22-23(14-21(17)30(38)39)32-28(36)26(22)27(18-7-5-4-6-8-18)31-20-11-9-19(10-12-20)29(37)34(3)24-15-33(2)16-25(24)35/h4-14,24-25,31,35H,15-16H2,1-3H3,(H,32,36)(H,38,39)/t24-,25-/m0/s1. The fourth-order valence-electron chi connectivity index (χ4n) is 5.22. The summed E-state index contributed by atoms with van der Waals surface area (Å²) in [7, 11) is 3.61. The van der Waals surface area contributed by atoms with Crippen molar-refractivity contribution in [3.05, 3.63) is 94.5 Å². The van der Waals surface area contributed by atoms with E-state index in [1.165, 1.54) is 6.07 Å². The Balaban J connectivity index is 1.48. The molecular formula is C30H30N4O5. The molecule has 2 amide bonds. The Labute approximate surface area is 226 Å². The third-order valence-electron chi connectivity index (χ3n) is 7.31. The van der Waals surface area contributed by atoms with E-state index in [1.54, 1.807) is 49.2 Å². The van der Waals surface area contributed by atoms with E-state index in [1.807, 2.05) is 42.3 Å². The second-order valence-corrected chi connectivity index (χ2v) is 10.1. The average molecular weight is 527 g/mol. The maximum absolute atomic E-state index is 13.2. The summed E-state index contributed by atoms with van der Waals surface area (Å²) in [6.45, 7) is 2.83. The first-order chi connectivity index (χ1) is 18.6. The number of nitrogens with one attached hydrogen (secondary N) is 2. The van der Waals surface area contributed by atoms with Crippen LogP contribution in [0.2, 0.25) is 0 Å². The monoisotopic (exact) mass is 526 g/mol. The number of nitrogens with zero attached hydrogens (tertiary/aromatic N) is 2. The fourth-order valence-corrected chi connectivity index (χ4v) is 5.22. The first-order valence-corrected chi connectivity index (χ1v) is 12.6. The van der Waals surface area contributed by atoms with Gasteiger partial charge < -0.3 is 30.6 Å². The number of aliphatic hydroxyl groups excluding tert-OH is 1. The van der Waals surface area contributed by atoms with Gasteiger partial charge in [-0.05, 0) is 61.5 Å². The van der Waals surface area contributed by atoms with Gasteiger partial charge in [-0.2, -0.15) is 0 Å². The highest BCUT2D eigenvalue weighted by molar-refractivity contribution is 6.37. The van der Waals surface area contributed by atoms with Crippen molar-refractivity contribution < 1.29 is 24.6 Å². The number of aromatic carboxylic acids is 1. The molecule has 1 fully saturated rings. The zero-order chi connectivity index (χ0) is 27.8. The van der Waals surface area contributed by atoms with Crippen LogP contribution in [-0.4, -0.2) is 77.1 Å². The summed E-state index contributed by atoms with van der Waals surface area (Å²) in [5.74, 6) is -1.58. The molecule has 9 nitrogen and oxygen atoms in total. The highest BCUT2D eigenvalue weighted by atomic mass is 16.4. The van der Waals surface area contributed by atoms with Gasteiger partial charge in [-0.3, -0.25) is 9.59 Å². The van der Waals surface area contributed by atoms with Crippen LogP contribution in [0.3, 0.4) is 0 Å². The lowest BCUT2D eigenvalue weighted by molar-refractivity contribution is -0.110. The molecule has 2 aliphatic heterocycles. The minimum Gasteiger partial charge on any atom is -0.478 e. The third kappa shape index (κ3) is 5.01. The van der Waals surface area contributed by atoms with Crippen LogP contribution in [-0.2, 0) is 4.79 Å². The second-order valence-electron chi connectivity index (χ2n) is 10.1. The van der Waals surface area contributed by atoms with E-state index in [2.05, 4.69) is 10.6 Å². The summed E-state index contributed by atoms with van der Waals surface area (Å²) in [6, 6.07) is 19.3. The maximum atomic E-state index is 13.2. The van der Waals surface area contributed by atoms with E-state index in [9.17, 15) is 24.6 Å². The number of aliphatic hydroxyl groups is 1. The number of fused-ring (bicyclic) bond motifs is 1.